The fraction of sp³-hybridized carbons (Fsp3) is 0.211. The van der Waals surface area contributed by atoms with Gasteiger partial charge in [-0.15, -0.1) is 0 Å². The first-order chi connectivity index (χ1) is 13.6. The van der Waals surface area contributed by atoms with E-state index in [9.17, 15) is 21.6 Å². The zero-order valence-corrected chi connectivity index (χ0v) is 17.9. The topological polar surface area (TPSA) is 121 Å². The number of hydrogen-bond donors (Lipinski definition) is 3. The highest BCUT2D eigenvalue weighted by atomic mass is 32.2. The minimum absolute atomic E-state index is 0.0302. The maximum Gasteiger partial charge on any atom is 0.248 e. The molecule has 0 spiro atoms. The standard InChI is InChI=1S/C19H23N3O5S2/c1-4-28(24,25)22-18-11-8-16(13-14(18)2)21-19(23)12-7-15-5-9-17(10-6-15)29(26,27)20-3/h5-13,20,22H,4H2,1-3H3,(H,21,23)/b12-7+. The first kappa shape index (κ1) is 22.6. The van der Waals surface area contributed by atoms with Crippen LogP contribution >= 0.6 is 0 Å². The third-order valence-electron chi connectivity index (χ3n) is 4.03. The molecule has 29 heavy (non-hydrogen) atoms. The maximum atomic E-state index is 12.1. The molecule has 2 aromatic carbocycles. The number of aryl methyl sites for hydroxylation is 1. The largest absolute Gasteiger partial charge is 0.323 e. The van der Waals surface area contributed by atoms with Gasteiger partial charge in [0.15, 0.2) is 0 Å². The van der Waals surface area contributed by atoms with Crippen LogP contribution in [0.25, 0.3) is 6.08 Å². The van der Waals surface area contributed by atoms with Crippen LogP contribution in [0.1, 0.15) is 18.1 Å². The minimum Gasteiger partial charge on any atom is -0.323 e. The SMILES string of the molecule is CCS(=O)(=O)Nc1ccc(NC(=O)/C=C/c2ccc(S(=O)(=O)NC)cc2)cc1C. The summed E-state index contributed by atoms with van der Waals surface area (Å²) in [5.74, 6) is -0.407. The number of carbonyl (C=O) groups is 1. The summed E-state index contributed by atoms with van der Waals surface area (Å²) in [7, 11) is -5.54. The van der Waals surface area contributed by atoms with E-state index in [2.05, 4.69) is 14.8 Å². The molecular weight excluding hydrogens is 414 g/mol. The third kappa shape index (κ3) is 6.41. The summed E-state index contributed by atoms with van der Waals surface area (Å²) in [6, 6.07) is 10.9. The summed E-state index contributed by atoms with van der Waals surface area (Å²) in [6.07, 6.45) is 2.88. The molecule has 0 radical (unpaired) electrons. The van der Waals surface area contributed by atoms with Gasteiger partial charge in [-0.1, -0.05) is 12.1 Å². The van der Waals surface area contributed by atoms with Crippen LogP contribution in [0.5, 0.6) is 0 Å². The number of sulfonamides is 2. The van der Waals surface area contributed by atoms with Gasteiger partial charge in [0.1, 0.15) is 0 Å². The van der Waals surface area contributed by atoms with Crippen LogP contribution in [0.2, 0.25) is 0 Å². The van der Waals surface area contributed by atoms with Gasteiger partial charge >= 0.3 is 0 Å². The zero-order valence-electron chi connectivity index (χ0n) is 16.3. The van der Waals surface area contributed by atoms with Gasteiger partial charge in [-0.3, -0.25) is 9.52 Å². The molecule has 0 fully saturated rings. The first-order valence-electron chi connectivity index (χ1n) is 8.70. The fourth-order valence-corrected chi connectivity index (χ4v) is 3.77. The van der Waals surface area contributed by atoms with Crippen molar-refractivity contribution < 1.29 is 21.6 Å². The molecule has 0 aliphatic carbocycles. The second kappa shape index (κ2) is 9.21. The smallest absolute Gasteiger partial charge is 0.248 e. The van der Waals surface area contributed by atoms with E-state index < -0.39 is 20.0 Å². The number of rotatable bonds is 8. The molecule has 1 amide bonds. The number of hydrogen-bond acceptors (Lipinski definition) is 5. The predicted octanol–water partition coefficient (Wildman–Crippen LogP) is 2.32. The lowest BCUT2D eigenvalue weighted by atomic mass is 10.2. The highest BCUT2D eigenvalue weighted by Gasteiger charge is 2.11. The maximum absolute atomic E-state index is 12.1. The number of anilines is 2. The van der Waals surface area contributed by atoms with Crippen molar-refractivity contribution in [2.24, 2.45) is 0 Å². The summed E-state index contributed by atoms with van der Waals surface area (Å²) in [4.78, 5) is 12.2. The molecule has 0 aromatic heterocycles. The molecule has 0 saturated heterocycles. The lowest BCUT2D eigenvalue weighted by molar-refractivity contribution is -0.111. The van der Waals surface area contributed by atoms with E-state index in [-0.39, 0.29) is 16.6 Å². The van der Waals surface area contributed by atoms with Crippen molar-refractivity contribution in [1.82, 2.24) is 4.72 Å². The van der Waals surface area contributed by atoms with Crippen molar-refractivity contribution in [3.8, 4) is 0 Å². The molecule has 0 bridgehead atoms. The van der Waals surface area contributed by atoms with Crippen LogP contribution in [0.4, 0.5) is 11.4 Å². The van der Waals surface area contributed by atoms with E-state index >= 15 is 0 Å². The van der Waals surface area contributed by atoms with E-state index in [4.69, 9.17) is 0 Å². The molecule has 8 nitrogen and oxygen atoms in total. The van der Waals surface area contributed by atoms with Gasteiger partial charge in [0, 0.05) is 11.8 Å². The van der Waals surface area contributed by atoms with Gasteiger partial charge in [0.05, 0.1) is 16.3 Å². The average molecular weight is 438 g/mol. The number of carbonyl (C=O) groups excluding carboxylic acids is 1. The zero-order chi connectivity index (χ0) is 21.7. The van der Waals surface area contributed by atoms with Crippen molar-refractivity contribution in [2.75, 3.05) is 22.8 Å². The van der Waals surface area contributed by atoms with Crippen molar-refractivity contribution in [3.63, 3.8) is 0 Å². The van der Waals surface area contributed by atoms with E-state index in [0.29, 0.717) is 22.5 Å². The summed E-state index contributed by atoms with van der Waals surface area (Å²) < 4.78 is 51.4. The second-order valence-electron chi connectivity index (χ2n) is 6.13. The average Bonchev–Trinajstić information content (AvgIpc) is 2.69. The summed E-state index contributed by atoms with van der Waals surface area (Å²) >= 11 is 0. The van der Waals surface area contributed by atoms with Gasteiger partial charge < -0.3 is 5.32 Å². The Labute approximate surface area is 171 Å². The highest BCUT2D eigenvalue weighted by molar-refractivity contribution is 7.92. The van der Waals surface area contributed by atoms with Crippen molar-refractivity contribution >= 4 is 43.4 Å². The van der Waals surface area contributed by atoms with Crippen LogP contribution in [-0.4, -0.2) is 35.5 Å². The molecule has 0 aliphatic rings. The number of benzene rings is 2. The Kier molecular flexibility index (Phi) is 7.17. The van der Waals surface area contributed by atoms with Crippen molar-refractivity contribution in [3.05, 3.63) is 59.7 Å². The highest BCUT2D eigenvalue weighted by Crippen LogP contribution is 2.21. The van der Waals surface area contributed by atoms with Gasteiger partial charge in [-0.2, -0.15) is 0 Å². The minimum atomic E-state index is -3.50. The van der Waals surface area contributed by atoms with E-state index in [1.807, 2.05) is 0 Å². The number of amides is 1. The molecule has 0 heterocycles. The molecule has 2 rings (SSSR count). The Morgan fingerprint density at radius 1 is 1.03 bits per heavy atom. The summed E-state index contributed by atoms with van der Waals surface area (Å²) in [5.41, 5.74) is 2.31. The Bertz CT molecular complexity index is 1120. The van der Waals surface area contributed by atoms with E-state index in [1.165, 1.54) is 25.3 Å². The van der Waals surface area contributed by atoms with Gasteiger partial charge in [-0.25, -0.2) is 21.6 Å². The van der Waals surface area contributed by atoms with Gasteiger partial charge in [0.25, 0.3) is 0 Å². The van der Waals surface area contributed by atoms with E-state index in [0.717, 1.165) is 0 Å². The molecular formula is C19H23N3O5S2. The Balaban J connectivity index is 2.04. The first-order valence-corrected chi connectivity index (χ1v) is 11.8. The van der Waals surface area contributed by atoms with Crippen molar-refractivity contribution in [2.45, 2.75) is 18.7 Å². The summed E-state index contributed by atoms with van der Waals surface area (Å²) in [5, 5.41) is 2.69. The van der Waals surface area contributed by atoms with Gasteiger partial charge in [-0.05, 0) is 68.4 Å². The van der Waals surface area contributed by atoms with Crippen molar-refractivity contribution in [1.29, 1.82) is 0 Å². The molecule has 0 aliphatic heterocycles. The molecule has 2 aromatic rings. The normalized spacial score (nSPS) is 12.1. The molecule has 0 atom stereocenters. The fourth-order valence-electron chi connectivity index (χ4n) is 2.33. The molecule has 10 heteroatoms. The van der Waals surface area contributed by atoms with Crippen LogP contribution < -0.4 is 14.8 Å². The lowest BCUT2D eigenvalue weighted by Crippen LogP contribution is -2.18. The number of nitrogens with one attached hydrogen (secondary N) is 3. The van der Waals surface area contributed by atoms with Crippen LogP contribution in [0.15, 0.2) is 53.4 Å². The molecule has 0 unspecified atom stereocenters. The summed E-state index contributed by atoms with van der Waals surface area (Å²) in [6.45, 7) is 3.28. The quantitative estimate of drug-likeness (QED) is 0.547. The third-order valence-corrected chi connectivity index (χ3v) is 6.75. The Hall–Kier alpha value is -2.69. The lowest BCUT2D eigenvalue weighted by Gasteiger charge is -2.11. The monoisotopic (exact) mass is 437 g/mol. The predicted molar refractivity (Wildman–Crippen MR) is 115 cm³/mol. The van der Waals surface area contributed by atoms with Crippen LogP contribution in [0, 0.1) is 6.92 Å². The van der Waals surface area contributed by atoms with E-state index in [1.54, 1.807) is 50.3 Å². The van der Waals surface area contributed by atoms with Crippen LogP contribution in [-0.2, 0) is 24.8 Å². The Morgan fingerprint density at radius 3 is 2.24 bits per heavy atom. The van der Waals surface area contributed by atoms with Gasteiger partial charge in [0.2, 0.25) is 26.0 Å². The molecule has 3 N–H and O–H groups in total. The molecule has 156 valence electrons. The molecule has 0 saturated carbocycles. The second-order valence-corrected chi connectivity index (χ2v) is 10.0. The van der Waals surface area contributed by atoms with Crippen LogP contribution in [0.3, 0.4) is 0 Å². The Morgan fingerprint density at radius 2 is 1.69 bits per heavy atom.